The van der Waals surface area contributed by atoms with E-state index < -0.39 is 0 Å². The first-order valence-corrected chi connectivity index (χ1v) is 35.2. The van der Waals surface area contributed by atoms with E-state index in [-0.39, 0.29) is 5.41 Å². The van der Waals surface area contributed by atoms with E-state index in [1.54, 1.807) is 0 Å². The third kappa shape index (κ3) is 12.4. The van der Waals surface area contributed by atoms with E-state index in [1.807, 2.05) is 98.0 Å². The van der Waals surface area contributed by atoms with Crippen molar-refractivity contribution >= 4 is 99.9 Å². The number of ether oxygens (including phenoxy) is 1. The Morgan fingerprint density at radius 1 is 0.269 bits per heavy atom. The summed E-state index contributed by atoms with van der Waals surface area (Å²) in [5, 5.41) is 4.72. The molecule has 11 nitrogen and oxygen atoms in total. The number of fused-ring (bicyclic) bond motifs is 13. The second-order valence-electron chi connectivity index (χ2n) is 27.0. The average molecular weight is 1350 g/mol. The second-order valence-corrected chi connectivity index (χ2v) is 27.0. The van der Waals surface area contributed by atoms with Crippen LogP contribution in [0, 0.1) is 34.6 Å². The summed E-state index contributed by atoms with van der Waals surface area (Å²) in [6.45, 7) is 15.2. The molecular weight excluding hydrogens is 1270 g/mol. The summed E-state index contributed by atoms with van der Waals surface area (Å²) in [4.78, 5) is 26.7. The first kappa shape index (κ1) is 65.4. The smallest absolute Gasteiger partial charge is 0.151 e. The molecule has 0 aliphatic carbocycles. The van der Waals surface area contributed by atoms with Gasteiger partial charge in [-0.3, -0.25) is 24.5 Å². The van der Waals surface area contributed by atoms with Crippen molar-refractivity contribution in [3.05, 3.63) is 374 Å². The number of benzene rings is 10. The van der Waals surface area contributed by atoms with Gasteiger partial charge in [-0.1, -0.05) is 181 Å². The minimum absolute atomic E-state index is 0.00832. The molecular formula is C93H76N10O. The number of para-hydroxylation sites is 7. The molecule has 504 valence electrons. The molecule has 0 bridgehead atoms. The molecule has 2 aliphatic rings. The molecule has 0 unspecified atom stereocenters. The zero-order chi connectivity index (χ0) is 70.8. The molecule has 104 heavy (non-hydrogen) atoms. The van der Waals surface area contributed by atoms with Crippen LogP contribution in [0.15, 0.2) is 335 Å². The second kappa shape index (κ2) is 28.1. The molecule has 8 aromatic heterocycles. The predicted molar refractivity (Wildman–Crippen MR) is 429 cm³/mol. The number of aryl methyl sites for hydroxylation is 5. The lowest BCUT2D eigenvalue weighted by atomic mass is 9.73. The molecule has 0 spiro atoms. The lowest BCUT2D eigenvalue weighted by Gasteiger charge is -2.42. The monoisotopic (exact) mass is 1350 g/mol. The van der Waals surface area contributed by atoms with Crippen molar-refractivity contribution in [1.29, 1.82) is 0 Å². The van der Waals surface area contributed by atoms with Crippen LogP contribution < -0.4 is 14.5 Å². The highest BCUT2D eigenvalue weighted by molar-refractivity contribution is 6.09. The SMILES string of the molecule is Cc1ccc(-n2c3ccccc3c3cccnc32)cc1.Cc1ccc(-n2c3cccnc3c3ncccc32)cc1.Cc1ccc(-n2c3ccncc3c3cnccc32)cc1.Cc1ccc(N2c3ccccc3C(C)(C)c3ccccc32)cc1.Cc1ccc(N2c3ccccc3Oc3ccccc32)cc1. The van der Waals surface area contributed by atoms with Gasteiger partial charge < -0.3 is 23.7 Å². The first-order valence-electron chi connectivity index (χ1n) is 35.2. The zero-order valence-electron chi connectivity index (χ0n) is 59.1. The largest absolute Gasteiger partial charge is 0.453 e. The maximum absolute atomic E-state index is 6.01. The van der Waals surface area contributed by atoms with Crippen molar-refractivity contribution < 1.29 is 4.74 Å². The van der Waals surface area contributed by atoms with Gasteiger partial charge in [0.2, 0.25) is 0 Å². The van der Waals surface area contributed by atoms with Gasteiger partial charge in [0.1, 0.15) is 16.7 Å². The number of anilines is 6. The van der Waals surface area contributed by atoms with Gasteiger partial charge in [0.25, 0.3) is 0 Å². The summed E-state index contributed by atoms with van der Waals surface area (Å²) >= 11 is 0. The van der Waals surface area contributed by atoms with Crippen LogP contribution in [-0.4, -0.2) is 38.6 Å². The molecule has 10 heterocycles. The quantitative estimate of drug-likeness (QED) is 0.168. The van der Waals surface area contributed by atoms with E-state index in [2.05, 4.69) is 333 Å². The fraction of sp³-hybridized carbons (Fsp3) is 0.0860. The first-order chi connectivity index (χ1) is 50.9. The molecule has 2 aliphatic heterocycles. The summed E-state index contributed by atoms with van der Waals surface area (Å²) in [5.41, 5.74) is 28.2. The van der Waals surface area contributed by atoms with Crippen LogP contribution in [-0.2, 0) is 5.41 Å². The van der Waals surface area contributed by atoms with Gasteiger partial charge in [-0.05, 0) is 197 Å². The van der Waals surface area contributed by atoms with Crippen molar-refractivity contribution in [2.24, 2.45) is 0 Å². The van der Waals surface area contributed by atoms with Crippen molar-refractivity contribution in [3.8, 4) is 28.6 Å². The standard InChI is InChI=1S/C22H21N.C19H15NO.C18H14N2.2C17H13N3/c1-16-12-14-17(15-13-16)23-20-10-6-4-8-18(20)22(2,3)19-9-5-7-11-21(19)23;1-14-10-12-15(13-11-14)20-16-6-2-4-8-18(16)21-19-9-5-3-7-17(19)20;1-13-8-10-14(11-9-13)20-17-7-3-2-5-15(17)16-6-4-12-19-18(16)20;1-12-2-4-13(5-3-12)20-16-6-8-18-10-14(16)15-11-19-9-7-17(15)20;1-12-6-8-13(9-7-12)20-14-4-2-10-18-16(14)17-15(20)5-3-11-19-17/h4-15H,1-3H3;2-13H,1H3;2-12H,1H3;2*2-11H,1H3. The van der Waals surface area contributed by atoms with Gasteiger partial charge in [0, 0.05) is 98.8 Å². The number of nitrogens with zero attached hydrogens (tertiary/aromatic N) is 10. The molecule has 0 N–H and O–H groups in total. The van der Waals surface area contributed by atoms with E-state index in [9.17, 15) is 0 Å². The molecule has 0 radical (unpaired) electrons. The minimum atomic E-state index is 0.00832. The third-order valence-electron chi connectivity index (χ3n) is 19.6. The van der Waals surface area contributed by atoms with Crippen molar-refractivity contribution in [1.82, 2.24) is 38.6 Å². The Morgan fingerprint density at radius 2 is 0.606 bits per heavy atom. The Hall–Kier alpha value is -13.3. The number of pyridine rings is 5. The molecule has 0 saturated heterocycles. The summed E-state index contributed by atoms with van der Waals surface area (Å²) in [6, 6.07) is 102. The Balaban J connectivity index is 0.000000100. The Bertz CT molecular complexity index is 5490. The predicted octanol–water partition coefficient (Wildman–Crippen LogP) is 23.9. The van der Waals surface area contributed by atoms with Crippen LogP contribution in [0.25, 0.3) is 82.9 Å². The number of hydrogen-bond acceptors (Lipinski definition) is 8. The lowest BCUT2D eigenvalue weighted by Crippen LogP contribution is -2.30. The number of hydrogen-bond donors (Lipinski definition) is 0. The Kier molecular flexibility index (Phi) is 17.6. The summed E-state index contributed by atoms with van der Waals surface area (Å²) in [7, 11) is 0. The third-order valence-corrected chi connectivity index (χ3v) is 19.6. The van der Waals surface area contributed by atoms with Gasteiger partial charge in [-0.15, -0.1) is 0 Å². The van der Waals surface area contributed by atoms with Crippen molar-refractivity contribution in [3.63, 3.8) is 0 Å². The molecule has 0 amide bonds. The van der Waals surface area contributed by atoms with Crippen LogP contribution in [0.5, 0.6) is 11.5 Å². The zero-order valence-corrected chi connectivity index (χ0v) is 59.1. The van der Waals surface area contributed by atoms with E-state index in [0.717, 1.165) is 95.1 Å². The van der Waals surface area contributed by atoms with Gasteiger partial charge in [-0.25, -0.2) is 4.98 Å². The van der Waals surface area contributed by atoms with E-state index >= 15 is 0 Å². The maximum Gasteiger partial charge on any atom is 0.151 e. The van der Waals surface area contributed by atoms with Gasteiger partial charge >= 0.3 is 0 Å². The normalized spacial score (nSPS) is 12.3. The maximum atomic E-state index is 6.01. The minimum Gasteiger partial charge on any atom is -0.453 e. The fourth-order valence-corrected chi connectivity index (χ4v) is 14.4. The number of aromatic nitrogens is 8. The summed E-state index contributed by atoms with van der Waals surface area (Å²) < 4.78 is 12.7. The lowest BCUT2D eigenvalue weighted by molar-refractivity contribution is 0.477. The van der Waals surface area contributed by atoms with Gasteiger partial charge in [0.05, 0.1) is 50.3 Å². The van der Waals surface area contributed by atoms with E-state index in [0.29, 0.717) is 0 Å². The molecule has 18 aromatic rings. The van der Waals surface area contributed by atoms with Crippen LogP contribution in [0.1, 0.15) is 52.8 Å². The Labute approximate surface area is 605 Å². The van der Waals surface area contributed by atoms with Crippen molar-refractivity contribution in [2.75, 3.05) is 9.80 Å². The molecule has 10 aromatic carbocycles. The van der Waals surface area contributed by atoms with E-state index in [4.69, 9.17) is 4.74 Å². The molecule has 0 fully saturated rings. The van der Waals surface area contributed by atoms with E-state index in [1.165, 1.54) is 72.3 Å². The van der Waals surface area contributed by atoms with Gasteiger partial charge in [-0.2, -0.15) is 0 Å². The van der Waals surface area contributed by atoms with Crippen LogP contribution in [0.2, 0.25) is 0 Å². The topological polar surface area (TPSA) is 94.9 Å². The van der Waals surface area contributed by atoms with Crippen molar-refractivity contribution in [2.45, 2.75) is 53.9 Å². The number of rotatable bonds is 5. The highest BCUT2D eigenvalue weighted by Gasteiger charge is 2.36. The van der Waals surface area contributed by atoms with Gasteiger partial charge in [0.15, 0.2) is 11.5 Å². The van der Waals surface area contributed by atoms with Crippen LogP contribution in [0.4, 0.5) is 34.1 Å². The highest BCUT2D eigenvalue weighted by Crippen LogP contribution is 2.53. The summed E-state index contributed by atoms with van der Waals surface area (Å²) in [6.07, 6.45) is 13.0. The molecule has 11 heteroatoms. The molecule has 20 rings (SSSR count). The Morgan fingerprint density at radius 3 is 1.08 bits per heavy atom. The molecule has 0 atom stereocenters. The highest BCUT2D eigenvalue weighted by atomic mass is 16.5. The summed E-state index contributed by atoms with van der Waals surface area (Å²) in [5.74, 6) is 1.77. The van der Waals surface area contributed by atoms with Crippen LogP contribution >= 0.6 is 0 Å². The fourth-order valence-electron chi connectivity index (χ4n) is 14.4. The van der Waals surface area contributed by atoms with Crippen LogP contribution in [0.3, 0.4) is 0 Å². The molecule has 0 saturated carbocycles. The average Bonchev–Trinajstić information content (AvgIpc) is 0.985.